The van der Waals surface area contributed by atoms with Gasteiger partial charge in [-0.15, -0.1) is 0 Å². The van der Waals surface area contributed by atoms with Gasteiger partial charge in [-0.3, -0.25) is 4.79 Å². The molecule has 0 spiro atoms. The van der Waals surface area contributed by atoms with E-state index in [0.29, 0.717) is 16.3 Å². The maximum atomic E-state index is 11.6. The summed E-state index contributed by atoms with van der Waals surface area (Å²) in [6, 6.07) is 12.0. The summed E-state index contributed by atoms with van der Waals surface area (Å²) < 4.78 is 5.27. The fraction of sp³-hybridized carbons (Fsp3) is 0.125. The number of nitrogens with zero attached hydrogens (tertiary/aromatic N) is 1. The molecule has 0 heterocycles. The number of phenols is 1. The molecule has 0 atom stereocenters. The van der Waals surface area contributed by atoms with Gasteiger partial charge in [0.25, 0.3) is 5.91 Å². The average Bonchev–Trinajstić information content (AvgIpc) is 2.49. The van der Waals surface area contributed by atoms with Crippen LogP contribution in [0.15, 0.2) is 47.6 Å². The van der Waals surface area contributed by atoms with Gasteiger partial charge in [0.2, 0.25) is 0 Å². The Labute approximate surface area is 133 Å². The first-order valence-corrected chi connectivity index (χ1v) is 6.93. The number of hydrazone groups is 1. The Bertz CT molecular complexity index is 702. The number of aromatic hydroxyl groups is 1. The normalized spacial score (nSPS) is 10.6. The molecule has 0 aliphatic heterocycles. The Morgan fingerprint density at radius 3 is 2.86 bits per heavy atom. The monoisotopic (exact) mass is 318 g/mol. The van der Waals surface area contributed by atoms with Crippen molar-refractivity contribution < 1.29 is 14.6 Å². The molecule has 0 aromatic heterocycles. The molecule has 114 valence electrons. The van der Waals surface area contributed by atoms with Crippen molar-refractivity contribution in [1.82, 2.24) is 5.43 Å². The number of rotatable bonds is 5. The molecule has 0 saturated heterocycles. The second-order valence-electron chi connectivity index (χ2n) is 4.57. The molecular formula is C16H15ClN2O3. The van der Waals surface area contributed by atoms with Crippen molar-refractivity contribution in [3.63, 3.8) is 0 Å². The van der Waals surface area contributed by atoms with E-state index in [-0.39, 0.29) is 12.4 Å². The summed E-state index contributed by atoms with van der Waals surface area (Å²) in [5, 5.41) is 13.9. The molecule has 2 rings (SSSR count). The van der Waals surface area contributed by atoms with Crippen LogP contribution >= 0.6 is 11.6 Å². The van der Waals surface area contributed by atoms with Gasteiger partial charge in [-0.2, -0.15) is 5.10 Å². The standard InChI is InChI=1S/C16H15ClN2O3/c1-11-6-7-12(14(20)8-11)9-18-19-16(21)10-22-15-5-3-2-4-13(15)17/h2-9,20H,10H2,1H3,(H,19,21). The Hall–Kier alpha value is -2.53. The number of ether oxygens (including phenoxy) is 1. The molecule has 0 radical (unpaired) electrons. The van der Waals surface area contributed by atoms with Gasteiger partial charge >= 0.3 is 0 Å². The summed E-state index contributed by atoms with van der Waals surface area (Å²) in [7, 11) is 0. The second-order valence-corrected chi connectivity index (χ2v) is 4.98. The molecule has 5 nitrogen and oxygen atoms in total. The SMILES string of the molecule is Cc1ccc(C=NNC(=O)COc2ccccc2Cl)c(O)c1. The Balaban J connectivity index is 1.85. The van der Waals surface area contributed by atoms with Crippen LogP contribution in [-0.4, -0.2) is 23.8 Å². The number of halogens is 1. The van der Waals surface area contributed by atoms with Gasteiger partial charge in [0, 0.05) is 5.56 Å². The minimum atomic E-state index is -0.428. The van der Waals surface area contributed by atoms with Gasteiger partial charge in [0.1, 0.15) is 11.5 Å². The van der Waals surface area contributed by atoms with Gasteiger partial charge in [0.05, 0.1) is 11.2 Å². The lowest BCUT2D eigenvalue weighted by Gasteiger charge is -2.06. The van der Waals surface area contributed by atoms with E-state index >= 15 is 0 Å². The Kier molecular flexibility index (Phi) is 5.38. The van der Waals surface area contributed by atoms with Crippen molar-refractivity contribution in [3.05, 3.63) is 58.6 Å². The maximum Gasteiger partial charge on any atom is 0.277 e. The highest BCUT2D eigenvalue weighted by Gasteiger charge is 2.04. The third-order valence-electron chi connectivity index (χ3n) is 2.77. The first-order valence-electron chi connectivity index (χ1n) is 6.55. The number of nitrogens with one attached hydrogen (secondary N) is 1. The highest BCUT2D eigenvalue weighted by molar-refractivity contribution is 6.32. The van der Waals surface area contributed by atoms with E-state index in [4.69, 9.17) is 16.3 Å². The lowest BCUT2D eigenvalue weighted by Crippen LogP contribution is -2.24. The lowest BCUT2D eigenvalue weighted by atomic mass is 10.1. The number of amides is 1. The maximum absolute atomic E-state index is 11.6. The number of aryl methyl sites for hydroxylation is 1. The van der Waals surface area contributed by atoms with E-state index < -0.39 is 5.91 Å². The van der Waals surface area contributed by atoms with E-state index in [9.17, 15) is 9.90 Å². The van der Waals surface area contributed by atoms with E-state index in [1.807, 2.05) is 13.0 Å². The van der Waals surface area contributed by atoms with Crippen LogP contribution in [0.4, 0.5) is 0 Å². The number of hydrogen-bond acceptors (Lipinski definition) is 4. The van der Waals surface area contributed by atoms with Crippen LogP contribution in [-0.2, 0) is 4.79 Å². The van der Waals surface area contributed by atoms with Crippen LogP contribution < -0.4 is 10.2 Å². The molecule has 0 bridgehead atoms. The minimum Gasteiger partial charge on any atom is -0.507 e. The Morgan fingerprint density at radius 1 is 1.36 bits per heavy atom. The smallest absolute Gasteiger partial charge is 0.277 e. The van der Waals surface area contributed by atoms with Gasteiger partial charge < -0.3 is 9.84 Å². The van der Waals surface area contributed by atoms with Crippen LogP contribution in [0.2, 0.25) is 5.02 Å². The van der Waals surface area contributed by atoms with Gasteiger partial charge in [0.15, 0.2) is 6.61 Å². The molecular weight excluding hydrogens is 304 g/mol. The molecule has 0 aliphatic carbocycles. The predicted octanol–water partition coefficient (Wildman–Crippen LogP) is 2.88. The van der Waals surface area contributed by atoms with Crippen molar-refractivity contribution in [3.8, 4) is 11.5 Å². The summed E-state index contributed by atoms with van der Waals surface area (Å²) in [6.45, 7) is 1.66. The van der Waals surface area contributed by atoms with Crippen molar-refractivity contribution in [1.29, 1.82) is 0 Å². The zero-order chi connectivity index (χ0) is 15.9. The van der Waals surface area contributed by atoms with Crippen LogP contribution in [0.25, 0.3) is 0 Å². The third-order valence-corrected chi connectivity index (χ3v) is 3.09. The molecule has 2 aromatic rings. The van der Waals surface area contributed by atoms with Gasteiger partial charge in [-0.05, 0) is 36.8 Å². The number of phenolic OH excluding ortho intramolecular Hbond substituents is 1. The highest BCUT2D eigenvalue weighted by Crippen LogP contribution is 2.22. The predicted molar refractivity (Wildman–Crippen MR) is 85.5 cm³/mol. The zero-order valence-corrected chi connectivity index (χ0v) is 12.7. The molecule has 1 amide bonds. The number of hydrogen-bond donors (Lipinski definition) is 2. The lowest BCUT2D eigenvalue weighted by molar-refractivity contribution is -0.123. The number of carbonyl (C=O) groups is 1. The quantitative estimate of drug-likeness (QED) is 0.658. The van der Waals surface area contributed by atoms with Crippen LogP contribution in [0.5, 0.6) is 11.5 Å². The summed E-state index contributed by atoms with van der Waals surface area (Å²) in [5.74, 6) is 0.104. The topological polar surface area (TPSA) is 70.9 Å². The fourth-order valence-corrected chi connectivity index (χ4v) is 1.86. The number of benzene rings is 2. The summed E-state index contributed by atoms with van der Waals surface area (Å²) >= 11 is 5.91. The first-order chi connectivity index (χ1) is 10.6. The summed E-state index contributed by atoms with van der Waals surface area (Å²) in [4.78, 5) is 11.6. The molecule has 2 N–H and O–H groups in total. The molecule has 2 aromatic carbocycles. The van der Waals surface area contributed by atoms with Crippen LogP contribution in [0.1, 0.15) is 11.1 Å². The fourth-order valence-electron chi connectivity index (χ4n) is 1.67. The number of carbonyl (C=O) groups excluding carboxylic acids is 1. The van der Waals surface area contributed by atoms with Crippen molar-refractivity contribution >= 4 is 23.7 Å². The highest BCUT2D eigenvalue weighted by atomic mass is 35.5. The van der Waals surface area contributed by atoms with E-state index in [2.05, 4.69) is 10.5 Å². The molecule has 0 unspecified atom stereocenters. The molecule has 0 saturated carbocycles. The molecule has 0 aliphatic rings. The summed E-state index contributed by atoms with van der Waals surface area (Å²) in [5.41, 5.74) is 3.76. The molecule has 6 heteroatoms. The van der Waals surface area contributed by atoms with E-state index in [1.165, 1.54) is 6.21 Å². The molecule has 22 heavy (non-hydrogen) atoms. The second kappa shape index (κ2) is 7.47. The summed E-state index contributed by atoms with van der Waals surface area (Å²) in [6.07, 6.45) is 1.36. The van der Waals surface area contributed by atoms with Crippen molar-refractivity contribution in [2.75, 3.05) is 6.61 Å². The van der Waals surface area contributed by atoms with Gasteiger partial charge in [-0.25, -0.2) is 5.43 Å². The minimum absolute atomic E-state index is 0.102. The average molecular weight is 319 g/mol. The third kappa shape index (κ3) is 4.49. The van der Waals surface area contributed by atoms with E-state index in [0.717, 1.165) is 5.56 Å². The number of para-hydroxylation sites is 1. The van der Waals surface area contributed by atoms with Gasteiger partial charge in [-0.1, -0.05) is 29.8 Å². The van der Waals surface area contributed by atoms with E-state index in [1.54, 1.807) is 36.4 Å². The van der Waals surface area contributed by atoms with Crippen LogP contribution in [0.3, 0.4) is 0 Å². The zero-order valence-electron chi connectivity index (χ0n) is 11.9. The van der Waals surface area contributed by atoms with Crippen LogP contribution in [0, 0.1) is 6.92 Å². The largest absolute Gasteiger partial charge is 0.507 e. The Morgan fingerprint density at radius 2 is 2.14 bits per heavy atom. The van der Waals surface area contributed by atoms with Crippen molar-refractivity contribution in [2.45, 2.75) is 6.92 Å². The molecule has 0 fully saturated rings. The van der Waals surface area contributed by atoms with Crippen molar-refractivity contribution in [2.24, 2.45) is 5.10 Å². The first kappa shape index (κ1) is 15.9.